The van der Waals surface area contributed by atoms with Gasteiger partial charge in [0.25, 0.3) is 0 Å². The minimum Gasteiger partial charge on any atom is -0.497 e. The summed E-state index contributed by atoms with van der Waals surface area (Å²) < 4.78 is 10.6. The summed E-state index contributed by atoms with van der Waals surface area (Å²) in [6.07, 6.45) is 1.00. The van der Waals surface area contributed by atoms with Gasteiger partial charge in [-0.3, -0.25) is 9.59 Å². The Balaban J connectivity index is 1.79. The molecule has 0 aromatic heterocycles. The van der Waals surface area contributed by atoms with Gasteiger partial charge in [0, 0.05) is 24.7 Å². The third kappa shape index (κ3) is 3.81. The van der Waals surface area contributed by atoms with Crippen molar-refractivity contribution in [2.75, 3.05) is 31.0 Å². The van der Waals surface area contributed by atoms with E-state index < -0.39 is 5.92 Å². The summed E-state index contributed by atoms with van der Waals surface area (Å²) in [6, 6.07) is 11.3. The minimum atomic E-state index is -0.413. The Hall–Kier alpha value is -3.02. The van der Waals surface area contributed by atoms with Crippen molar-refractivity contribution >= 4 is 23.2 Å². The van der Waals surface area contributed by atoms with Crippen LogP contribution in [-0.4, -0.2) is 32.6 Å². The average Bonchev–Trinajstić information content (AvgIpc) is 3.10. The van der Waals surface area contributed by atoms with Crippen LogP contribution in [0.1, 0.15) is 24.5 Å². The number of amides is 2. The maximum absolute atomic E-state index is 12.9. The maximum atomic E-state index is 12.9. The number of hydrogen-bond donors (Lipinski definition) is 1. The van der Waals surface area contributed by atoms with Crippen molar-refractivity contribution in [3.05, 3.63) is 47.5 Å². The molecule has 6 nitrogen and oxygen atoms in total. The van der Waals surface area contributed by atoms with Crippen molar-refractivity contribution < 1.29 is 19.1 Å². The van der Waals surface area contributed by atoms with Crippen molar-refractivity contribution in [2.24, 2.45) is 5.92 Å². The van der Waals surface area contributed by atoms with Gasteiger partial charge in [0.05, 0.1) is 25.8 Å². The quantitative estimate of drug-likeness (QED) is 0.829. The van der Waals surface area contributed by atoms with E-state index in [-0.39, 0.29) is 18.2 Å². The molecule has 1 atom stereocenters. The summed E-state index contributed by atoms with van der Waals surface area (Å²) in [7, 11) is 3.12. The first-order chi connectivity index (χ1) is 13.5. The Bertz CT molecular complexity index is 894. The van der Waals surface area contributed by atoms with E-state index in [2.05, 4.69) is 12.2 Å². The Morgan fingerprint density at radius 3 is 2.68 bits per heavy atom. The fraction of sp³-hybridized carbons (Fsp3) is 0.364. The predicted octanol–water partition coefficient (Wildman–Crippen LogP) is 3.57. The van der Waals surface area contributed by atoms with E-state index in [1.165, 1.54) is 0 Å². The molecule has 2 aromatic carbocycles. The molecule has 0 saturated carbocycles. The monoisotopic (exact) mass is 382 g/mol. The highest BCUT2D eigenvalue weighted by Gasteiger charge is 2.36. The van der Waals surface area contributed by atoms with Gasteiger partial charge in [-0.05, 0) is 36.6 Å². The first-order valence-corrected chi connectivity index (χ1v) is 9.40. The highest BCUT2D eigenvalue weighted by atomic mass is 16.5. The molecule has 0 unspecified atom stereocenters. The second kappa shape index (κ2) is 8.33. The molecule has 2 aromatic rings. The zero-order chi connectivity index (χ0) is 20.3. The summed E-state index contributed by atoms with van der Waals surface area (Å²) in [4.78, 5) is 27.1. The highest BCUT2D eigenvalue weighted by molar-refractivity contribution is 6.04. The molecule has 0 aliphatic carbocycles. The molecule has 1 saturated heterocycles. The minimum absolute atomic E-state index is 0.0934. The lowest BCUT2D eigenvalue weighted by atomic mass is 10.0. The number of nitrogens with one attached hydrogen (secondary N) is 1. The van der Waals surface area contributed by atoms with Crippen molar-refractivity contribution in [1.29, 1.82) is 0 Å². The summed E-state index contributed by atoms with van der Waals surface area (Å²) in [6.45, 7) is 4.35. The fourth-order valence-corrected chi connectivity index (χ4v) is 3.55. The standard InChI is InChI=1S/C22H26N2O4/c1-5-15-8-6-7-14(2)21(15)23-22(26)16-11-20(25)24(13-16)18-10-9-17(27-3)12-19(18)28-4/h6-10,12,16H,5,11,13H2,1-4H3,(H,23,26)/t16-/m0/s1. The van der Waals surface area contributed by atoms with Gasteiger partial charge in [-0.2, -0.15) is 0 Å². The number of rotatable bonds is 6. The number of nitrogens with zero attached hydrogens (tertiary/aromatic N) is 1. The number of methoxy groups -OCH3 is 2. The molecule has 0 spiro atoms. The van der Waals surface area contributed by atoms with Gasteiger partial charge < -0.3 is 19.7 Å². The van der Waals surface area contributed by atoms with Crippen molar-refractivity contribution in [1.82, 2.24) is 0 Å². The molecule has 28 heavy (non-hydrogen) atoms. The largest absolute Gasteiger partial charge is 0.497 e. The van der Waals surface area contributed by atoms with Crippen LogP contribution in [0.3, 0.4) is 0 Å². The highest BCUT2D eigenvalue weighted by Crippen LogP contribution is 2.36. The second-order valence-electron chi connectivity index (χ2n) is 6.90. The molecule has 1 aliphatic rings. The van der Waals surface area contributed by atoms with E-state index in [1.54, 1.807) is 37.3 Å². The third-order valence-corrected chi connectivity index (χ3v) is 5.16. The molecule has 2 amide bonds. The van der Waals surface area contributed by atoms with Crippen LogP contribution in [0.5, 0.6) is 11.5 Å². The van der Waals surface area contributed by atoms with E-state index in [9.17, 15) is 9.59 Å². The van der Waals surface area contributed by atoms with Crippen LogP contribution < -0.4 is 19.7 Å². The van der Waals surface area contributed by atoms with E-state index in [0.717, 1.165) is 23.2 Å². The lowest BCUT2D eigenvalue weighted by molar-refractivity contribution is -0.122. The number of hydrogen-bond acceptors (Lipinski definition) is 4. The second-order valence-corrected chi connectivity index (χ2v) is 6.90. The topological polar surface area (TPSA) is 67.9 Å². The van der Waals surface area contributed by atoms with Crippen LogP contribution in [0.25, 0.3) is 0 Å². The predicted molar refractivity (Wildman–Crippen MR) is 109 cm³/mol. The van der Waals surface area contributed by atoms with Gasteiger partial charge in [0.1, 0.15) is 11.5 Å². The van der Waals surface area contributed by atoms with E-state index in [1.807, 2.05) is 25.1 Å². The van der Waals surface area contributed by atoms with Crippen LogP contribution in [0.4, 0.5) is 11.4 Å². The molecular weight excluding hydrogens is 356 g/mol. The molecule has 1 N–H and O–H groups in total. The van der Waals surface area contributed by atoms with Gasteiger partial charge >= 0.3 is 0 Å². The zero-order valence-electron chi connectivity index (χ0n) is 16.7. The number of carbonyl (C=O) groups is 2. The average molecular weight is 382 g/mol. The van der Waals surface area contributed by atoms with Gasteiger partial charge in [-0.1, -0.05) is 25.1 Å². The zero-order valence-corrected chi connectivity index (χ0v) is 16.7. The van der Waals surface area contributed by atoms with Crippen molar-refractivity contribution in [2.45, 2.75) is 26.7 Å². The Kier molecular flexibility index (Phi) is 5.87. The Morgan fingerprint density at radius 1 is 1.21 bits per heavy atom. The molecule has 3 rings (SSSR count). The van der Waals surface area contributed by atoms with Crippen LogP contribution in [0.15, 0.2) is 36.4 Å². The van der Waals surface area contributed by atoms with E-state index in [4.69, 9.17) is 9.47 Å². The summed E-state index contributed by atoms with van der Waals surface area (Å²) in [5, 5.41) is 3.04. The Labute approximate surface area is 165 Å². The normalized spacial score (nSPS) is 16.2. The summed E-state index contributed by atoms with van der Waals surface area (Å²) in [5.74, 6) is 0.550. The molecule has 6 heteroatoms. The van der Waals surface area contributed by atoms with E-state index >= 15 is 0 Å². The number of para-hydroxylation sites is 1. The van der Waals surface area contributed by atoms with Crippen LogP contribution in [0.2, 0.25) is 0 Å². The number of carbonyl (C=O) groups excluding carboxylic acids is 2. The van der Waals surface area contributed by atoms with Gasteiger partial charge in [-0.25, -0.2) is 0 Å². The lowest BCUT2D eigenvalue weighted by Gasteiger charge is -2.20. The van der Waals surface area contributed by atoms with Crippen LogP contribution in [-0.2, 0) is 16.0 Å². The maximum Gasteiger partial charge on any atom is 0.229 e. The summed E-state index contributed by atoms with van der Waals surface area (Å²) >= 11 is 0. The first kappa shape index (κ1) is 19.7. The first-order valence-electron chi connectivity index (χ1n) is 9.40. The van der Waals surface area contributed by atoms with Gasteiger partial charge in [0.15, 0.2) is 0 Å². The molecule has 0 bridgehead atoms. The molecule has 1 heterocycles. The van der Waals surface area contributed by atoms with Gasteiger partial charge in [-0.15, -0.1) is 0 Å². The van der Waals surface area contributed by atoms with Crippen molar-refractivity contribution in [3.63, 3.8) is 0 Å². The molecule has 148 valence electrons. The number of ether oxygens (including phenoxy) is 2. The van der Waals surface area contributed by atoms with E-state index in [0.29, 0.717) is 23.7 Å². The smallest absolute Gasteiger partial charge is 0.229 e. The van der Waals surface area contributed by atoms with Crippen LogP contribution in [0, 0.1) is 12.8 Å². The molecule has 1 aliphatic heterocycles. The lowest BCUT2D eigenvalue weighted by Crippen LogP contribution is -2.28. The SMILES string of the molecule is CCc1cccc(C)c1NC(=O)[C@H]1CC(=O)N(c2ccc(OC)cc2OC)C1. The molecule has 0 radical (unpaired) electrons. The van der Waals surface area contributed by atoms with Gasteiger partial charge in [0.2, 0.25) is 11.8 Å². The summed E-state index contributed by atoms with van der Waals surface area (Å²) in [5.41, 5.74) is 3.61. The molecule has 1 fully saturated rings. The van der Waals surface area contributed by atoms with Crippen molar-refractivity contribution in [3.8, 4) is 11.5 Å². The number of aryl methyl sites for hydroxylation is 2. The number of anilines is 2. The third-order valence-electron chi connectivity index (χ3n) is 5.16. The van der Waals surface area contributed by atoms with Crippen LogP contribution >= 0.6 is 0 Å². The Morgan fingerprint density at radius 2 is 2.00 bits per heavy atom. The molecular formula is C22H26N2O4. The fourth-order valence-electron chi connectivity index (χ4n) is 3.55. The number of benzene rings is 2.